The van der Waals surface area contributed by atoms with Crippen LogP contribution in [0.15, 0.2) is 30.3 Å². The van der Waals surface area contributed by atoms with Gasteiger partial charge in [-0.25, -0.2) is 0 Å². The van der Waals surface area contributed by atoms with E-state index in [1.54, 1.807) is 30.3 Å². The summed E-state index contributed by atoms with van der Waals surface area (Å²) in [5.74, 6) is -4.05. The van der Waals surface area contributed by atoms with Crippen LogP contribution in [0.1, 0.15) is 12.0 Å². The Bertz CT molecular complexity index is 847. The third kappa shape index (κ3) is 4.23. The fourth-order valence-electron chi connectivity index (χ4n) is 4.60. The highest BCUT2D eigenvalue weighted by molar-refractivity contribution is 5.82. The molecule has 13 nitrogen and oxygen atoms in total. The first-order valence-corrected chi connectivity index (χ1v) is 10.8. The molecule has 2 aliphatic heterocycles. The van der Waals surface area contributed by atoms with Crippen LogP contribution < -0.4 is 11.1 Å². The second-order valence-corrected chi connectivity index (χ2v) is 8.67. The van der Waals surface area contributed by atoms with Crippen molar-refractivity contribution in [2.24, 2.45) is 5.73 Å². The summed E-state index contributed by atoms with van der Waals surface area (Å²) in [5, 5.41) is 85.8. The SMILES string of the molecule is N[C@@H](Cc1ccccc1)C(=O)NC1([C@]2(O)[C@H](O)[C@@H](CO)O[C@]2(O)CO)O[C@H](CO)[C@@H](O)C[C@H]1O. The number of carbonyl (C=O) groups is 1. The number of amides is 1. The molecule has 2 heterocycles. The quantitative estimate of drug-likeness (QED) is 0.166. The number of hydrogen-bond donors (Lipinski definition) is 10. The lowest BCUT2D eigenvalue weighted by molar-refractivity contribution is -0.378. The second-order valence-electron chi connectivity index (χ2n) is 8.67. The molecule has 11 N–H and O–H groups in total. The Labute approximate surface area is 195 Å². The fourth-order valence-corrected chi connectivity index (χ4v) is 4.60. The van der Waals surface area contributed by atoms with Crippen LogP contribution in [0.5, 0.6) is 0 Å². The van der Waals surface area contributed by atoms with E-state index in [4.69, 9.17) is 15.2 Å². The maximum atomic E-state index is 13.1. The maximum Gasteiger partial charge on any atom is 0.239 e. The smallest absolute Gasteiger partial charge is 0.239 e. The van der Waals surface area contributed by atoms with Crippen LogP contribution in [0.25, 0.3) is 0 Å². The van der Waals surface area contributed by atoms with Crippen molar-refractivity contribution in [2.45, 2.75) is 66.5 Å². The molecular weight excluding hydrogens is 456 g/mol. The van der Waals surface area contributed by atoms with Crippen LogP contribution in [-0.2, 0) is 20.7 Å². The van der Waals surface area contributed by atoms with Gasteiger partial charge in [-0.2, -0.15) is 0 Å². The highest BCUT2D eigenvalue weighted by atomic mass is 16.7. The van der Waals surface area contributed by atoms with Gasteiger partial charge in [0.05, 0.1) is 25.4 Å². The van der Waals surface area contributed by atoms with Gasteiger partial charge in [0.25, 0.3) is 0 Å². The van der Waals surface area contributed by atoms with E-state index in [1.165, 1.54) is 0 Å². The molecule has 0 radical (unpaired) electrons. The van der Waals surface area contributed by atoms with E-state index in [9.17, 15) is 45.6 Å². The van der Waals surface area contributed by atoms with Crippen molar-refractivity contribution in [2.75, 3.05) is 19.8 Å². The third-order valence-electron chi connectivity index (χ3n) is 6.51. The Hall–Kier alpha value is -1.75. The largest absolute Gasteiger partial charge is 0.394 e. The first kappa shape index (κ1) is 26.8. The van der Waals surface area contributed by atoms with E-state index in [0.29, 0.717) is 5.56 Å². The first-order valence-electron chi connectivity index (χ1n) is 10.8. The van der Waals surface area contributed by atoms with Gasteiger partial charge in [0.2, 0.25) is 17.4 Å². The summed E-state index contributed by atoms with van der Waals surface area (Å²) in [7, 11) is 0. The molecule has 1 amide bonds. The van der Waals surface area contributed by atoms with E-state index in [-0.39, 0.29) is 6.42 Å². The second kappa shape index (κ2) is 10.1. The van der Waals surface area contributed by atoms with Crippen molar-refractivity contribution >= 4 is 5.91 Å². The third-order valence-corrected chi connectivity index (χ3v) is 6.51. The number of aliphatic hydroxyl groups is 8. The summed E-state index contributed by atoms with van der Waals surface area (Å²) in [6, 6.07) is 7.38. The highest BCUT2D eigenvalue weighted by Crippen LogP contribution is 2.49. The minimum Gasteiger partial charge on any atom is -0.394 e. The average Bonchev–Trinajstić information content (AvgIpc) is 3.03. The van der Waals surface area contributed by atoms with Crippen molar-refractivity contribution in [1.29, 1.82) is 0 Å². The normalized spacial score (nSPS) is 41.3. The zero-order chi connectivity index (χ0) is 25.3. The number of hydrogen-bond acceptors (Lipinski definition) is 12. The van der Waals surface area contributed by atoms with E-state index < -0.39 is 85.8 Å². The lowest BCUT2D eigenvalue weighted by Gasteiger charge is -2.56. The number of nitrogens with one attached hydrogen (secondary N) is 1. The van der Waals surface area contributed by atoms with Gasteiger partial charge >= 0.3 is 0 Å². The average molecular weight is 488 g/mol. The minimum atomic E-state index is -3.20. The molecule has 2 saturated heterocycles. The summed E-state index contributed by atoms with van der Waals surface area (Å²) in [6.45, 7) is -3.12. The maximum absolute atomic E-state index is 13.1. The molecule has 2 aliphatic rings. The molecule has 13 heteroatoms. The molecule has 192 valence electrons. The molecule has 1 aromatic carbocycles. The van der Waals surface area contributed by atoms with Crippen LogP contribution in [0, 0.1) is 0 Å². The Balaban J connectivity index is 2.05. The zero-order valence-electron chi connectivity index (χ0n) is 18.3. The molecule has 1 unspecified atom stereocenters. The van der Waals surface area contributed by atoms with E-state index in [0.717, 1.165) is 0 Å². The van der Waals surface area contributed by atoms with Crippen molar-refractivity contribution < 1.29 is 55.1 Å². The monoisotopic (exact) mass is 488 g/mol. The molecule has 9 atom stereocenters. The molecule has 0 bridgehead atoms. The van der Waals surface area contributed by atoms with Crippen molar-refractivity contribution in [3.05, 3.63) is 35.9 Å². The van der Waals surface area contributed by atoms with E-state index in [2.05, 4.69) is 5.32 Å². The number of aliphatic hydroxyl groups excluding tert-OH is 6. The van der Waals surface area contributed by atoms with Crippen LogP contribution in [-0.4, -0.2) is 120 Å². The van der Waals surface area contributed by atoms with E-state index >= 15 is 0 Å². The standard InChI is InChI=1S/C21H32N2O11/c22-12(6-11-4-2-1-3-5-11)18(30)23-21(16(28)7-13(27)14(8-24)34-21)20(32)17(29)15(9-25)33-19(20,31)10-26/h1-5,12-17,24-29,31-32H,6-10,22H2,(H,23,30)/t12-,13-,14+,15+,16+,17+,19+,20-,21?/m0/s1. The molecule has 1 aromatic rings. The van der Waals surface area contributed by atoms with Crippen molar-refractivity contribution in [3.63, 3.8) is 0 Å². The summed E-state index contributed by atoms with van der Waals surface area (Å²) < 4.78 is 10.7. The van der Waals surface area contributed by atoms with Gasteiger partial charge in [-0.1, -0.05) is 30.3 Å². The molecule has 0 saturated carbocycles. The molecule has 0 aromatic heterocycles. The first-order chi connectivity index (χ1) is 16.0. The lowest BCUT2D eigenvalue weighted by Crippen LogP contribution is -2.84. The van der Waals surface area contributed by atoms with Gasteiger partial charge in [0, 0.05) is 6.42 Å². The summed E-state index contributed by atoms with van der Waals surface area (Å²) in [6.07, 6.45) is -9.40. The minimum absolute atomic E-state index is 0.0198. The predicted molar refractivity (Wildman–Crippen MR) is 113 cm³/mol. The molecule has 2 fully saturated rings. The Morgan fingerprint density at radius 3 is 2.24 bits per heavy atom. The number of nitrogens with two attached hydrogens (primary N) is 1. The number of rotatable bonds is 8. The number of ether oxygens (including phenoxy) is 2. The predicted octanol–water partition coefficient (Wildman–Crippen LogP) is -4.96. The molecule has 3 rings (SSSR count). The zero-order valence-corrected chi connectivity index (χ0v) is 18.3. The van der Waals surface area contributed by atoms with E-state index in [1.807, 2.05) is 0 Å². The molecular formula is C21H32N2O11. The van der Waals surface area contributed by atoms with Gasteiger partial charge in [-0.05, 0) is 12.0 Å². The van der Waals surface area contributed by atoms with Gasteiger partial charge in [0.1, 0.15) is 31.0 Å². The van der Waals surface area contributed by atoms with Crippen LogP contribution in [0.3, 0.4) is 0 Å². The molecule has 34 heavy (non-hydrogen) atoms. The van der Waals surface area contributed by atoms with Crippen LogP contribution in [0.4, 0.5) is 0 Å². The fraction of sp³-hybridized carbons (Fsp3) is 0.667. The van der Waals surface area contributed by atoms with Gasteiger partial charge in [-0.3, -0.25) is 4.79 Å². The Morgan fingerprint density at radius 1 is 1.06 bits per heavy atom. The van der Waals surface area contributed by atoms with Crippen molar-refractivity contribution in [3.8, 4) is 0 Å². The Kier molecular flexibility index (Phi) is 7.96. The molecule has 0 spiro atoms. The van der Waals surface area contributed by atoms with Gasteiger partial charge in [-0.15, -0.1) is 0 Å². The summed E-state index contributed by atoms with van der Waals surface area (Å²) in [4.78, 5) is 13.1. The Morgan fingerprint density at radius 2 is 1.68 bits per heavy atom. The summed E-state index contributed by atoms with van der Waals surface area (Å²) in [5.41, 5.74) is 0.665. The highest BCUT2D eigenvalue weighted by Gasteiger charge is 2.78. The van der Waals surface area contributed by atoms with Crippen LogP contribution >= 0.6 is 0 Å². The lowest BCUT2D eigenvalue weighted by atomic mass is 9.72. The van der Waals surface area contributed by atoms with Crippen molar-refractivity contribution in [1.82, 2.24) is 5.32 Å². The number of benzene rings is 1. The van der Waals surface area contributed by atoms with Gasteiger partial charge < -0.3 is 61.4 Å². The molecule has 0 aliphatic carbocycles. The number of carbonyl (C=O) groups excluding carboxylic acids is 1. The summed E-state index contributed by atoms with van der Waals surface area (Å²) >= 11 is 0. The topological polar surface area (TPSA) is 235 Å². The van der Waals surface area contributed by atoms with Crippen LogP contribution in [0.2, 0.25) is 0 Å². The van der Waals surface area contributed by atoms with Gasteiger partial charge in [0.15, 0.2) is 5.60 Å².